The number of nitrogens with zero attached hydrogens (tertiary/aromatic N) is 2. The third kappa shape index (κ3) is 3.88. The van der Waals surface area contributed by atoms with Crippen LogP contribution in [0.2, 0.25) is 0 Å². The van der Waals surface area contributed by atoms with Gasteiger partial charge in [0.05, 0.1) is 12.6 Å². The van der Waals surface area contributed by atoms with Crippen LogP contribution < -0.4 is 10.1 Å². The molecular weight excluding hydrogens is 378 g/mol. The summed E-state index contributed by atoms with van der Waals surface area (Å²) in [5, 5.41) is 5.36. The quantitative estimate of drug-likeness (QED) is 0.681. The lowest BCUT2D eigenvalue weighted by molar-refractivity contribution is -0.141. The fraction of sp³-hybridized carbons (Fsp3) is 0.500. The standard InChI is InChI=1S/C24H31N3O3/c1-24(23(29)25-13-6-15-26-14-5-9-22(26)28)12-16-27(24)17-18-10-11-21(30-2)20-8-4-3-7-19(18)20/h3-4,7-8,10-11H,5-6,9,12-17H2,1-2H3,(H,25,29). The van der Waals surface area contributed by atoms with Gasteiger partial charge in [-0.05, 0) is 43.2 Å². The van der Waals surface area contributed by atoms with Crippen LogP contribution in [0.4, 0.5) is 0 Å². The topological polar surface area (TPSA) is 61.9 Å². The van der Waals surface area contributed by atoms with Gasteiger partial charge in [0.1, 0.15) is 5.75 Å². The number of hydrogen-bond acceptors (Lipinski definition) is 4. The Hall–Kier alpha value is -2.60. The van der Waals surface area contributed by atoms with E-state index < -0.39 is 5.54 Å². The van der Waals surface area contributed by atoms with Gasteiger partial charge in [-0.15, -0.1) is 0 Å². The Morgan fingerprint density at radius 1 is 1.17 bits per heavy atom. The summed E-state index contributed by atoms with van der Waals surface area (Å²) in [7, 11) is 1.69. The second kappa shape index (κ2) is 8.64. The van der Waals surface area contributed by atoms with Gasteiger partial charge in [0.2, 0.25) is 11.8 Å². The van der Waals surface area contributed by atoms with Crippen molar-refractivity contribution in [3.63, 3.8) is 0 Å². The molecule has 0 bridgehead atoms. The highest BCUT2D eigenvalue weighted by atomic mass is 16.5. The highest BCUT2D eigenvalue weighted by molar-refractivity contribution is 5.91. The molecule has 2 fully saturated rings. The van der Waals surface area contributed by atoms with Gasteiger partial charge in [-0.1, -0.05) is 30.3 Å². The van der Waals surface area contributed by atoms with Crippen LogP contribution in [0, 0.1) is 0 Å². The van der Waals surface area contributed by atoms with Gasteiger partial charge in [-0.2, -0.15) is 0 Å². The third-order valence-corrected chi connectivity index (χ3v) is 6.67. The summed E-state index contributed by atoms with van der Waals surface area (Å²) in [6.07, 6.45) is 3.28. The van der Waals surface area contributed by atoms with E-state index in [0.717, 1.165) is 56.6 Å². The van der Waals surface area contributed by atoms with E-state index in [2.05, 4.69) is 28.4 Å². The van der Waals surface area contributed by atoms with E-state index in [-0.39, 0.29) is 11.8 Å². The number of carbonyl (C=O) groups is 2. The average molecular weight is 410 g/mol. The molecule has 1 unspecified atom stereocenters. The van der Waals surface area contributed by atoms with E-state index in [4.69, 9.17) is 4.74 Å². The molecule has 6 nitrogen and oxygen atoms in total. The molecule has 1 N–H and O–H groups in total. The van der Waals surface area contributed by atoms with Crippen molar-refractivity contribution in [3.8, 4) is 5.75 Å². The van der Waals surface area contributed by atoms with Crippen molar-refractivity contribution < 1.29 is 14.3 Å². The summed E-state index contributed by atoms with van der Waals surface area (Å²) < 4.78 is 5.50. The van der Waals surface area contributed by atoms with Crippen LogP contribution in [0.15, 0.2) is 36.4 Å². The number of hydrogen-bond donors (Lipinski definition) is 1. The van der Waals surface area contributed by atoms with Crippen molar-refractivity contribution in [2.24, 2.45) is 0 Å². The Labute approximate surface area is 178 Å². The fourth-order valence-corrected chi connectivity index (χ4v) is 4.57. The number of methoxy groups -OCH3 is 1. The molecule has 6 heteroatoms. The normalized spacial score (nSPS) is 21.7. The smallest absolute Gasteiger partial charge is 0.240 e. The van der Waals surface area contributed by atoms with Crippen molar-refractivity contribution in [3.05, 3.63) is 42.0 Å². The first-order valence-corrected chi connectivity index (χ1v) is 10.9. The predicted molar refractivity (Wildman–Crippen MR) is 117 cm³/mol. The average Bonchev–Trinajstić information content (AvgIpc) is 3.17. The van der Waals surface area contributed by atoms with E-state index >= 15 is 0 Å². The number of carbonyl (C=O) groups excluding carboxylic acids is 2. The molecule has 0 saturated carbocycles. The van der Waals surface area contributed by atoms with Gasteiger partial charge in [0, 0.05) is 44.5 Å². The molecule has 0 aliphatic carbocycles. The molecule has 0 aromatic heterocycles. The van der Waals surface area contributed by atoms with Crippen LogP contribution in [-0.2, 0) is 16.1 Å². The van der Waals surface area contributed by atoms with E-state index in [9.17, 15) is 9.59 Å². The SMILES string of the molecule is COc1ccc(CN2CCC2(C)C(=O)NCCCN2CCCC2=O)c2ccccc12. The summed E-state index contributed by atoms with van der Waals surface area (Å²) in [5.74, 6) is 1.19. The molecule has 2 amide bonds. The van der Waals surface area contributed by atoms with Crippen molar-refractivity contribution in [1.29, 1.82) is 0 Å². The van der Waals surface area contributed by atoms with Crippen LogP contribution >= 0.6 is 0 Å². The lowest BCUT2D eigenvalue weighted by atomic mass is 9.84. The van der Waals surface area contributed by atoms with Gasteiger partial charge < -0.3 is 15.0 Å². The largest absolute Gasteiger partial charge is 0.496 e. The summed E-state index contributed by atoms with van der Waals surface area (Å²) in [6, 6.07) is 12.4. The molecule has 2 aromatic carbocycles. The molecule has 2 aliphatic rings. The summed E-state index contributed by atoms with van der Waals surface area (Å²) in [4.78, 5) is 28.8. The maximum Gasteiger partial charge on any atom is 0.240 e. The Morgan fingerprint density at radius 3 is 2.63 bits per heavy atom. The zero-order valence-corrected chi connectivity index (χ0v) is 17.9. The molecule has 30 heavy (non-hydrogen) atoms. The second-order valence-electron chi connectivity index (χ2n) is 8.51. The molecule has 2 saturated heterocycles. The lowest BCUT2D eigenvalue weighted by Gasteiger charge is -2.49. The van der Waals surface area contributed by atoms with Crippen molar-refractivity contribution in [2.45, 2.75) is 44.7 Å². The van der Waals surface area contributed by atoms with Gasteiger partial charge in [0.15, 0.2) is 0 Å². The number of benzene rings is 2. The number of nitrogens with one attached hydrogen (secondary N) is 1. The van der Waals surface area contributed by atoms with E-state index in [1.807, 2.05) is 30.0 Å². The first kappa shape index (κ1) is 20.7. The molecule has 160 valence electrons. The fourth-order valence-electron chi connectivity index (χ4n) is 4.57. The lowest BCUT2D eigenvalue weighted by Crippen LogP contribution is -2.65. The minimum absolute atomic E-state index is 0.0827. The monoisotopic (exact) mass is 409 g/mol. The van der Waals surface area contributed by atoms with Crippen molar-refractivity contribution in [1.82, 2.24) is 15.1 Å². The Morgan fingerprint density at radius 2 is 1.97 bits per heavy atom. The molecule has 4 rings (SSSR count). The van der Waals surface area contributed by atoms with Crippen LogP contribution in [-0.4, -0.2) is 60.4 Å². The Bertz CT molecular complexity index is 944. The van der Waals surface area contributed by atoms with E-state index in [1.54, 1.807) is 7.11 Å². The van der Waals surface area contributed by atoms with Gasteiger partial charge in [-0.3, -0.25) is 14.5 Å². The maximum atomic E-state index is 12.9. The van der Waals surface area contributed by atoms with Gasteiger partial charge in [0.25, 0.3) is 0 Å². The molecule has 0 radical (unpaired) electrons. The first-order valence-electron chi connectivity index (χ1n) is 10.9. The second-order valence-corrected chi connectivity index (χ2v) is 8.51. The van der Waals surface area contributed by atoms with E-state index in [0.29, 0.717) is 13.0 Å². The van der Waals surface area contributed by atoms with Crippen LogP contribution in [0.5, 0.6) is 5.75 Å². The predicted octanol–water partition coefficient (Wildman–Crippen LogP) is 2.94. The molecule has 2 aliphatic heterocycles. The number of fused-ring (bicyclic) bond motifs is 1. The summed E-state index contributed by atoms with van der Waals surface area (Å²) in [5.41, 5.74) is 0.725. The third-order valence-electron chi connectivity index (χ3n) is 6.67. The van der Waals surface area contributed by atoms with Gasteiger partial charge in [-0.25, -0.2) is 0 Å². The molecule has 0 spiro atoms. The van der Waals surface area contributed by atoms with E-state index in [1.165, 1.54) is 10.9 Å². The highest BCUT2D eigenvalue weighted by Gasteiger charge is 2.46. The number of amides is 2. The first-order chi connectivity index (χ1) is 14.5. The van der Waals surface area contributed by atoms with Crippen molar-refractivity contribution in [2.75, 3.05) is 33.3 Å². The highest BCUT2D eigenvalue weighted by Crippen LogP contribution is 2.35. The zero-order valence-electron chi connectivity index (χ0n) is 17.9. The Balaban J connectivity index is 1.36. The minimum Gasteiger partial charge on any atom is -0.496 e. The zero-order chi connectivity index (χ0) is 21.1. The summed E-state index contributed by atoms with van der Waals surface area (Å²) >= 11 is 0. The number of ether oxygens (including phenoxy) is 1. The number of rotatable bonds is 8. The van der Waals surface area contributed by atoms with Crippen molar-refractivity contribution >= 4 is 22.6 Å². The molecular formula is C24H31N3O3. The molecule has 1 atom stereocenters. The van der Waals surface area contributed by atoms with Crippen LogP contribution in [0.3, 0.4) is 0 Å². The molecule has 2 aromatic rings. The minimum atomic E-state index is -0.482. The molecule has 2 heterocycles. The number of likely N-dealkylation sites (tertiary alicyclic amines) is 2. The van der Waals surface area contributed by atoms with Gasteiger partial charge >= 0.3 is 0 Å². The van der Waals surface area contributed by atoms with Crippen LogP contribution in [0.1, 0.15) is 38.2 Å². The summed E-state index contributed by atoms with van der Waals surface area (Å²) in [6.45, 7) is 5.87. The Kier molecular flexibility index (Phi) is 5.95. The maximum absolute atomic E-state index is 12.9. The van der Waals surface area contributed by atoms with Crippen LogP contribution in [0.25, 0.3) is 10.8 Å².